The molecule has 1 aromatic rings. The number of hydrogen-bond donors (Lipinski definition) is 1. The van der Waals surface area contributed by atoms with Crippen LogP contribution < -0.4 is 5.73 Å². The van der Waals surface area contributed by atoms with Crippen LogP contribution >= 0.6 is 0 Å². The van der Waals surface area contributed by atoms with Crippen LogP contribution in [0.15, 0.2) is 4.52 Å². The molecule has 0 saturated heterocycles. The number of rotatable bonds is 1. The molecule has 1 atom stereocenters. The number of nitrogens with zero attached hydrogens (tertiary/aromatic N) is 1. The van der Waals surface area contributed by atoms with Crippen LogP contribution in [-0.4, -0.2) is 5.16 Å². The summed E-state index contributed by atoms with van der Waals surface area (Å²) in [5.41, 5.74) is 8.91. The summed E-state index contributed by atoms with van der Waals surface area (Å²) in [5.74, 6) is 1.68. The molecule has 0 spiro atoms. The predicted octanol–water partition coefficient (Wildman–Crippen LogP) is 2.52. The van der Waals surface area contributed by atoms with E-state index in [2.05, 4.69) is 19.0 Å². The van der Waals surface area contributed by atoms with Crippen molar-refractivity contribution in [3.63, 3.8) is 0 Å². The number of fused-ring (bicyclic) bond motifs is 1. The van der Waals surface area contributed by atoms with Gasteiger partial charge < -0.3 is 10.3 Å². The monoisotopic (exact) mass is 206 g/mol. The van der Waals surface area contributed by atoms with Gasteiger partial charge in [0, 0.05) is 23.9 Å². The van der Waals surface area contributed by atoms with Crippen molar-refractivity contribution in [3.05, 3.63) is 17.0 Å². The topological polar surface area (TPSA) is 52.0 Å². The molecule has 1 aromatic heterocycles. The molecular weight excluding hydrogens is 188 g/mol. The smallest absolute Gasteiger partial charge is 0.141 e. The molecule has 0 aliphatic heterocycles. The summed E-state index contributed by atoms with van der Waals surface area (Å²) in [7, 11) is 0. The molecule has 0 bridgehead atoms. The molecule has 0 radical (unpaired) electrons. The fourth-order valence-electron chi connectivity index (χ4n) is 2.49. The van der Waals surface area contributed by atoms with Gasteiger partial charge in [0.1, 0.15) is 5.76 Å². The standard InChI is InChI=1S/C12H18N2O/c1-12(2)6-5-8-9(11(12)13)10(14-15-8)7-3-4-7/h7,11H,3-6,13H2,1-2H3. The molecule has 82 valence electrons. The molecule has 0 amide bonds. The van der Waals surface area contributed by atoms with Crippen LogP contribution in [0.1, 0.15) is 62.1 Å². The second-order valence-corrected chi connectivity index (χ2v) is 5.65. The minimum Gasteiger partial charge on any atom is -0.361 e. The van der Waals surface area contributed by atoms with Gasteiger partial charge in [-0.25, -0.2) is 0 Å². The Hall–Kier alpha value is -0.830. The fraction of sp³-hybridized carbons (Fsp3) is 0.750. The Morgan fingerprint density at radius 2 is 2.13 bits per heavy atom. The molecule has 1 saturated carbocycles. The molecule has 2 aliphatic carbocycles. The first-order valence-electron chi connectivity index (χ1n) is 5.83. The minimum atomic E-state index is 0.100. The van der Waals surface area contributed by atoms with E-state index in [0.717, 1.165) is 24.3 Å². The summed E-state index contributed by atoms with van der Waals surface area (Å²) in [4.78, 5) is 0. The Balaban J connectivity index is 2.06. The van der Waals surface area contributed by atoms with E-state index in [1.807, 2.05) is 0 Å². The number of aromatic nitrogens is 1. The van der Waals surface area contributed by atoms with Crippen molar-refractivity contribution in [3.8, 4) is 0 Å². The maximum atomic E-state index is 6.33. The van der Waals surface area contributed by atoms with Gasteiger partial charge in [-0.1, -0.05) is 19.0 Å². The summed E-state index contributed by atoms with van der Waals surface area (Å²) >= 11 is 0. The predicted molar refractivity (Wildman–Crippen MR) is 57.5 cm³/mol. The van der Waals surface area contributed by atoms with Gasteiger partial charge in [0.05, 0.1) is 5.69 Å². The second kappa shape index (κ2) is 2.85. The SMILES string of the molecule is CC1(C)CCc2onc(C3CC3)c2C1N. The van der Waals surface area contributed by atoms with E-state index in [-0.39, 0.29) is 11.5 Å². The van der Waals surface area contributed by atoms with E-state index in [0.29, 0.717) is 5.92 Å². The number of aryl methyl sites for hydroxylation is 1. The Labute approximate surface area is 90.0 Å². The average molecular weight is 206 g/mol. The maximum Gasteiger partial charge on any atom is 0.141 e. The molecule has 3 rings (SSSR count). The van der Waals surface area contributed by atoms with Crippen molar-refractivity contribution in [2.45, 2.75) is 51.5 Å². The van der Waals surface area contributed by atoms with Gasteiger partial charge in [-0.15, -0.1) is 0 Å². The van der Waals surface area contributed by atoms with E-state index >= 15 is 0 Å². The molecule has 1 unspecified atom stereocenters. The van der Waals surface area contributed by atoms with Gasteiger partial charge in [0.2, 0.25) is 0 Å². The zero-order chi connectivity index (χ0) is 10.6. The molecule has 3 heteroatoms. The fourth-order valence-corrected chi connectivity index (χ4v) is 2.49. The highest BCUT2D eigenvalue weighted by Crippen LogP contribution is 2.49. The third kappa shape index (κ3) is 1.33. The molecule has 0 aromatic carbocycles. The van der Waals surface area contributed by atoms with Crippen LogP contribution in [-0.2, 0) is 6.42 Å². The van der Waals surface area contributed by atoms with Gasteiger partial charge in [0.25, 0.3) is 0 Å². The van der Waals surface area contributed by atoms with E-state index in [9.17, 15) is 0 Å². The number of hydrogen-bond acceptors (Lipinski definition) is 3. The Bertz CT molecular complexity index is 390. The van der Waals surface area contributed by atoms with Crippen molar-refractivity contribution >= 4 is 0 Å². The molecule has 2 N–H and O–H groups in total. The zero-order valence-electron chi connectivity index (χ0n) is 9.42. The maximum absolute atomic E-state index is 6.33. The quantitative estimate of drug-likeness (QED) is 0.768. The Morgan fingerprint density at radius 3 is 2.80 bits per heavy atom. The minimum absolute atomic E-state index is 0.100. The average Bonchev–Trinajstić information content (AvgIpc) is 2.93. The second-order valence-electron chi connectivity index (χ2n) is 5.65. The van der Waals surface area contributed by atoms with E-state index in [1.165, 1.54) is 18.4 Å². The van der Waals surface area contributed by atoms with Gasteiger partial charge in [-0.2, -0.15) is 0 Å². The highest BCUT2D eigenvalue weighted by molar-refractivity contribution is 5.35. The summed E-state index contributed by atoms with van der Waals surface area (Å²) in [6, 6.07) is 0.100. The van der Waals surface area contributed by atoms with Gasteiger partial charge in [0.15, 0.2) is 0 Å². The zero-order valence-corrected chi connectivity index (χ0v) is 9.42. The summed E-state index contributed by atoms with van der Waals surface area (Å²) in [6.07, 6.45) is 4.61. The number of nitrogens with two attached hydrogens (primary N) is 1. The third-order valence-corrected chi connectivity index (χ3v) is 3.94. The summed E-state index contributed by atoms with van der Waals surface area (Å²) in [6.45, 7) is 4.48. The molecule has 1 fully saturated rings. The molecule has 3 nitrogen and oxygen atoms in total. The van der Waals surface area contributed by atoms with E-state index < -0.39 is 0 Å². The van der Waals surface area contributed by atoms with Gasteiger partial charge in [-0.05, 0) is 24.7 Å². The lowest BCUT2D eigenvalue weighted by atomic mass is 9.72. The molecule has 1 heterocycles. The van der Waals surface area contributed by atoms with Gasteiger partial charge in [-0.3, -0.25) is 0 Å². The van der Waals surface area contributed by atoms with Crippen LogP contribution in [0.2, 0.25) is 0 Å². The third-order valence-electron chi connectivity index (χ3n) is 3.94. The first-order chi connectivity index (χ1) is 7.09. The van der Waals surface area contributed by atoms with Crippen molar-refractivity contribution < 1.29 is 4.52 Å². The van der Waals surface area contributed by atoms with Crippen molar-refractivity contribution in [1.29, 1.82) is 0 Å². The molecule has 15 heavy (non-hydrogen) atoms. The Kier molecular flexibility index (Phi) is 1.78. The Morgan fingerprint density at radius 1 is 1.40 bits per heavy atom. The molecule has 2 aliphatic rings. The van der Waals surface area contributed by atoms with E-state index in [1.54, 1.807) is 0 Å². The van der Waals surface area contributed by atoms with Crippen LogP contribution in [0, 0.1) is 5.41 Å². The van der Waals surface area contributed by atoms with Crippen molar-refractivity contribution in [1.82, 2.24) is 5.16 Å². The van der Waals surface area contributed by atoms with Crippen LogP contribution in [0.4, 0.5) is 0 Å². The first kappa shape index (κ1) is 9.40. The lowest BCUT2D eigenvalue weighted by Crippen LogP contribution is -2.34. The lowest BCUT2D eigenvalue weighted by Gasteiger charge is -2.35. The van der Waals surface area contributed by atoms with Crippen molar-refractivity contribution in [2.75, 3.05) is 0 Å². The van der Waals surface area contributed by atoms with Crippen LogP contribution in [0.5, 0.6) is 0 Å². The van der Waals surface area contributed by atoms with Gasteiger partial charge >= 0.3 is 0 Å². The largest absolute Gasteiger partial charge is 0.361 e. The van der Waals surface area contributed by atoms with Crippen LogP contribution in [0.3, 0.4) is 0 Å². The highest BCUT2D eigenvalue weighted by Gasteiger charge is 2.41. The van der Waals surface area contributed by atoms with Crippen LogP contribution in [0.25, 0.3) is 0 Å². The first-order valence-corrected chi connectivity index (χ1v) is 5.83. The normalized spacial score (nSPS) is 28.9. The highest BCUT2D eigenvalue weighted by atomic mass is 16.5. The molecular formula is C12H18N2O. The summed E-state index contributed by atoms with van der Waals surface area (Å²) in [5, 5.41) is 4.22. The summed E-state index contributed by atoms with van der Waals surface area (Å²) < 4.78 is 5.42. The van der Waals surface area contributed by atoms with Crippen molar-refractivity contribution in [2.24, 2.45) is 11.1 Å². The lowest BCUT2D eigenvalue weighted by molar-refractivity contribution is 0.230. The van der Waals surface area contributed by atoms with E-state index in [4.69, 9.17) is 10.3 Å².